The Hall–Kier alpha value is -1.90. The minimum absolute atomic E-state index is 0.530. The average molecular weight is 242 g/mol. The van der Waals surface area contributed by atoms with Crippen LogP contribution in [0.2, 0.25) is 0 Å². The van der Waals surface area contributed by atoms with E-state index in [0.29, 0.717) is 11.5 Å². The molecule has 0 saturated heterocycles. The quantitative estimate of drug-likeness (QED) is 0.772. The third-order valence-corrected chi connectivity index (χ3v) is 2.86. The fraction of sp³-hybridized carbons (Fsp3) is 0.333. The molecule has 0 N–H and O–H groups in total. The molecule has 2 rings (SSSR count). The van der Waals surface area contributed by atoms with E-state index in [1.807, 2.05) is 42.3 Å². The van der Waals surface area contributed by atoms with E-state index in [-0.39, 0.29) is 0 Å². The number of hydrogen-bond donors (Lipinski definition) is 0. The molecule has 3 nitrogen and oxygen atoms in total. The molecule has 1 aromatic heterocycles. The van der Waals surface area contributed by atoms with Gasteiger partial charge in [0.1, 0.15) is 5.82 Å². The molecule has 2 aromatic rings. The van der Waals surface area contributed by atoms with Gasteiger partial charge in [-0.15, -0.1) is 0 Å². The molecule has 0 aliphatic rings. The largest absolute Gasteiger partial charge is 0.359 e. The molecule has 1 heterocycles. The molecule has 3 heteroatoms. The number of benzene rings is 1. The summed E-state index contributed by atoms with van der Waals surface area (Å²) in [4.78, 5) is 17.8. The number of carbonyl (C=O) groups excluding carboxylic acids is 1. The van der Waals surface area contributed by atoms with Crippen LogP contribution in [0.25, 0.3) is 10.9 Å². The number of rotatable bonds is 4. The number of anilines is 1. The van der Waals surface area contributed by atoms with E-state index < -0.39 is 0 Å². The maximum atomic E-state index is 11.2. The van der Waals surface area contributed by atoms with Crippen LogP contribution in [0, 0.1) is 5.92 Å². The summed E-state index contributed by atoms with van der Waals surface area (Å²) in [6.07, 6.45) is 0.881. The summed E-state index contributed by atoms with van der Waals surface area (Å²) in [5.74, 6) is 1.29. The monoisotopic (exact) mass is 242 g/mol. The molecular weight excluding hydrogens is 224 g/mol. The Morgan fingerprint density at radius 2 is 2.06 bits per heavy atom. The van der Waals surface area contributed by atoms with Crippen molar-refractivity contribution in [3.05, 3.63) is 35.9 Å². The first-order chi connectivity index (χ1) is 8.61. The van der Waals surface area contributed by atoms with E-state index in [9.17, 15) is 4.79 Å². The van der Waals surface area contributed by atoms with Gasteiger partial charge in [-0.2, -0.15) is 0 Å². The Bertz CT molecular complexity index is 563. The lowest BCUT2D eigenvalue weighted by Gasteiger charge is -2.22. The molecule has 0 bridgehead atoms. The van der Waals surface area contributed by atoms with E-state index in [4.69, 9.17) is 0 Å². The zero-order valence-corrected chi connectivity index (χ0v) is 11.1. The molecule has 0 amide bonds. The first kappa shape index (κ1) is 12.6. The lowest BCUT2D eigenvalue weighted by molar-refractivity contribution is 0.112. The highest BCUT2D eigenvalue weighted by Gasteiger charge is 2.11. The number of pyridine rings is 1. The average Bonchev–Trinajstić information content (AvgIpc) is 2.36. The van der Waals surface area contributed by atoms with Crippen LogP contribution in [-0.4, -0.2) is 24.9 Å². The summed E-state index contributed by atoms with van der Waals surface area (Å²) in [6, 6.07) is 9.76. The van der Waals surface area contributed by atoms with Gasteiger partial charge in [0, 0.05) is 19.0 Å². The summed E-state index contributed by atoms with van der Waals surface area (Å²) in [6.45, 7) is 5.18. The number of carbonyl (C=O) groups is 1. The molecule has 1 aromatic carbocycles. The van der Waals surface area contributed by atoms with Crippen molar-refractivity contribution < 1.29 is 4.79 Å². The zero-order chi connectivity index (χ0) is 13.1. The second-order valence-corrected chi connectivity index (χ2v) is 4.99. The molecule has 0 unspecified atom stereocenters. The standard InChI is InChI=1S/C15H18N2O/c1-11(2)9-17(3)15-13(10-18)8-12-6-4-5-7-14(12)16-15/h4-8,10-11H,9H2,1-3H3. The van der Waals surface area contributed by atoms with Gasteiger partial charge in [-0.3, -0.25) is 4.79 Å². The van der Waals surface area contributed by atoms with Crippen LogP contribution in [0.4, 0.5) is 5.82 Å². The van der Waals surface area contributed by atoms with Crippen LogP contribution in [0.3, 0.4) is 0 Å². The SMILES string of the molecule is CC(C)CN(C)c1nc2ccccc2cc1C=O. The van der Waals surface area contributed by atoms with E-state index >= 15 is 0 Å². The summed E-state index contributed by atoms with van der Waals surface area (Å²) in [5.41, 5.74) is 1.57. The van der Waals surface area contributed by atoms with Crippen LogP contribution in [0.5, 0.6) is 0 Å². The van der Waals surface area contributed by atoms with E-state index in [0.717, 1.165) is 29.6 Å². The first-order valence-corrected chi connectivity index (χ1v) is 6.18. The van der Waals surface area contributed by atoms with Gasteiger partial charge in [-0.1, -0.05) is 32.0 Å². The predicted molar refractivity (Wildman–Crippen MR) is 75.2 cm³/mol. The van der Waals surface area contributed by atoms with Crippen molar-refractivity contribution in [2.75, 3.05) is 18.5 Å². The number of para-hydroxylation sites is 1. The van der Waals surface area contributed by atoms with Crippen molar-refractivity contribution in [2.45, 2.75) is 13.8 Å². The molecule has 0 fully saturated rings. The Kier molecular flexibility index (Phi) is 3.60. The second-order valence-electron chi connectivity index (χ2n) is 4.99. The second kappa shape index (κ2) is 5.17. The molecule has 18 heavy (non-hydrogen) atoms. The highest BCUT2D eigenvalue weighted by Crippen LogP contribution is 2.22. The lowest BCUT2D eigenvalue weighted by atomic mass is 10.1. The van der Waals surface area contributed by atoms with Crippen LogP contribution in [-0.2, 0) is 0 Å². The highest BCUT2D eigenvalue weighted by molar-refractivity contribution is 5.91. The minimum Gasteiger partial charge on any atom is -0.359 e. The minimum atomic E-state index is 0.530. The van der Waals surface area contributed by atoms with Gasteiger partial charge in [0.05, 0.1) is 11.1 Å². The zero-order valence-electron chi connectivity index (χ0n) is 11.1. The summed E-state index contributed by atoms with van der Waals surface area (Å²) >= 11 is 0. The summed E-state index contributed by atoms with van der Waals surface area (Å²) in [7, 11) is 1.98. The van der Waals surface area contributed by atoms with Gasteiger partial charge in [0.2, 0.25) is 0 Å². The van der Waals surface area contributed by atoms with Crippen molar-refractivity contribution in [3.8, 4) is 0 Å². The van der Waals surface area contributed by atoms with Crippen molar-refractivity contribution >= 4 is 23.0 Å². The van der Waals surface area contributed by atoms with Crippen molar-refractivity contribution in [1.29, 1.82) is 0 Å². The van der Waals surface area contributed by atoms with Crippen LogP contribution < -0.4 is 4.90 Å². The molecule has 0 radical (unpaired) electrons. The Balaban J connectivity index is 2.51. The predicted octanol–water partition coefficient (Wildman–Crippen LogP) is 3.14. The van der Waals surface area contributed by atoms with Gasteiger partial charge in [0.25, 0.3) is 0 Å². The Labute approximate surface area is 107 Å². The molecule has 0 aliphatic heterocycles. The number of nitrogens with zero attached hydrogens (tertiary/aromatic N) is 2. The van der Waals surface area contributed by atoms with Gasteiger partial charge >= 0.3 is 0 Å². The smallest absolute Gasteiger partial charge is 0.153 e. The Morgan fingerprint density at radius 1 is 1.33 bits per heavy atom. The van der Waals surface area contributed by atoms with Crippen LogP contribution in [0.1, 0.15) is 24.2 Å². The molecule has 0 spiro atoms. The number of aromatic nitrogens is 1. The first-order valence-electron chi connectivity index (χ1n) is 6.18. The number of hydrogen-bond acceptors (Lipinski definition) is 3. The topological polar surface area (TPSA) is 33.2 Å². The number of aldehydes is 1. The van der Waals surface area contributed by atoms with Crippen molar-refractivity contribution in [2.24, 2.45) is 5.92 Å². The van der Waals surface area contributed by atoms with Gasteiger partial charge < -0.3 is 4.90 Å². The molecule has 0 aliphatic carbocycles. The van der Waals surface area contributed by atoms with E-state index in [1.165, 1.54) is 0 Å². The van der Waals surface area contributed by atoms with Gasteiger partial charge in [-0.25, -0.2) is 4.98 Å². The fourth-order valence-electron chi connectivity index (χ4n) is 2.15. The molecular formula is C15H18N2O. The summed E-state index contributed by atoms with van der Waals surface area (Å²) in [5, 5.41) is 1.00. The third-order valence-electron chi connectivity index (χ3n) is 2.86. The maximum Gasteiger partial charge on any atom is 0.153 e. The normalized spacial score (nSPS) is 10.9. The Morgan fingerprint density at radius 3 is 2.72 bits per heavy atom. The van der Waals surface area contributed by atoms with Crippen molar-refractivity contribution in [1.82, 2.24) is 4.98 Å². The molecule has 0 saturated carbocycles. The molecule has 94 valence electrons. The van der Waals surface area contributed by atoms with E-state index in [1.54, 1.807) is 0 Å². The fourth-order valence-corrected chi connectivity index (χ4v) is 2.15. The molecule has 0 atom stereocenters. The van der Waals surface area contributed by atoms with E-state index in [2.05, 4.69) is 18.8 Å². The maximum absolute atomic E-state index is 11.2. The van der Waals surface area contributed by atoms with Crippen molar-refractivity contribution in [3.63, 3.8) is 0 Å². The third kappa shape index (κ3) is 2.50. The van der Waals surface area contributed by atoms with Gasteiger partial charge in [0.15, 0.2) is 6.29 Å². The number of fused-ring (bicyclic) bond motifs is 1. The van der Waals surface area contributed by atoms with Gasteiger partial charge in [-0.05, 0) is 18.1 Å². The highest BCUT2D eigenvalue weighted by atomic mass is 16.1. The van der Waals surface area contributed by atoms with Crippen LogP contribution in [0.15, 0.2) is 30.3 Å². The summed E-state index contributed by atoms with van der Waals surface area (Å²) < 4.78 is 0. The van der Waals surface area contributed by atoms with Crippen LogP contribution >= 0.6 is 0 Å². The lowest BCUT2D eigenvalue weighted by Crippen LogP contribution is -2.24.